The van der Waals surface area contributed by atoms with Gasteiger partial charge in [-0.1, -0.05) is 11.8 Å². The van der Waals surface area contributed by atoms with Gasteiger partial charge in [0.2, 0.25) is 11.8 Å². The lowest BCUT2D eigenvalue weighted by molar-refractivity contribution is -0.143. The summed E-state index contributed by atoms with van der Waals surface area (Å²) in [5.74, 6) is 4.36. The molecule has 3 aliphatic rings. The Balaban J connectivity index is 1.38. The quantitative estimate of drug-likeness (QED) is 0.559. The lowest BCUT2D eigenvalue weighted by Gasteiger charge is -2.29. The number of amides is 3. The summed E-state index contributed by atoms with van der Waals surface area (Å²) in [6, 6.07) is 4.80. The van der Waals surface area contributed by atoms with Gasteiger partial charge >= 0.3 is 5.97 Å². The Morgan fingerprint density at radius 3 is 2.63 bits per heavy atom. The second-order valence-electron chi connectivity index (χ2n) is 7.96. The summed E-state index contributed by atoms with van der Waals surface area (Å²) in [7, 11) is 0. The molecule has 0 radical (unpaired) electrons. The Morgan fingerprint density at radius 1 is 1.17 bits per heavy atom. The largest absolute Gasteiger partial charge is 0.481 e. The molecule has 3 heterocycles. The van der Waals surface area contributed by atoms with Gasteiger partial charge in [-0.2, -0.15) is 0 Å². The molecule has 0 aliphatic carbocycles. The van der Waals surface area contributed by atoms with E-state index in [1.54, 1.807) is 12.1 Å². The fraction of sp³-hybridized carbons (Fsp3) is 0.455. The first kappa shape index (κ1) is 20.1. The predicted octanol–water partition coefficient (Wildman–Crippen LogP) is 0.596. The zero-order chi connectivity index (χ0) is 21.3. The van der Waals surface area contributed by atoms with Crippen LogP contribution in [-0.4, -0.2) is 64.3 Å². The molecule has 1 unspecified atom stereocenters. The van der Waals surface area contributed by atoms with Crippen LogP contribution in [0.25, 0.3) is 0 Å². The number of likely N-dealkylation sites (tertiary alicyclic amines) is 1. The lowest BCUT2D eigenvalue weighted by Crippen LogP contribution is -2.52. The van der Waals surface area contributed by atoms with Gasteiger partial charge in [0, 0.05) is 24.1 Å². The van der Waals surface area contributed by atoms with Crippen molar-refractivity contribution in [3.05, 3.63) is 34.9 Å². The molecule has 3 aliphatic heterocycles. The van der Waals surface area contributed by atoms with Crippen LogP contribution in [0.1, 0.15) is 47.2 Å². The monoisotopic (exact) mass is 409 g/mol. The molecule has 30 heavy (non-hydrogen) atoms. The van der Waals surface area contributed by atoms with Gasteiger partial charge in [-0.15, -0.1) is 0 Å². The number of hydrogen-bond donors (Lipinski definition) is 2. The predicted molar refractivity (Wildman–Crippen MR) is 106 cm³/mol. The van der Waals surface area contributed by atoms with Crippen LogP contribution >= 0.6 is 0 Å². The number of hydrogen-bond acceptors (Lipinski definition) is 5. The Hall–Kier alpha value is -3.18. The summed E-state index contributed by atoms with van der Waals surface area (Å²) in [6.45, 7) is 2.36. The highest BCUT2D eigenvalue weighted by molar-refractivity contribution is 6.05. The number of carbonyl (C=O) groups is 4. The second kappa shape index (κ2) is 8.28. The van der Waals surface area contributed by atoms with E-state index in [0.29, 0.717) is 37.9 Å². The van der Waals surface area contributed by atoms with Gasteiger partial charge in [-0.3, -0.25) is 29.4 Å². The average molecular weight is 409 g/mol. The van der Waals surface area contributed by atoms with Crippen molar-refractivity contribution in [2.45, 2.75) is 38.3 Å². The molecule has 2 saturated heterocycles. The molecule has 8 nitrogen and oxygen atoms in total. The molecule has 2 N–H and O–H groups in total. The van der Waals surface area contributed by atoms with Crippen LogP contribution in [-0.2, 0) is 20.9 Å². The summed E-state index contributed by atoms with van der Waals surface area (Å²) in [4.78, 5) is 50.9. The first-order valence-electron chi connectivity index (χ1n) is 10.1. The molecule has 0 bridgehead atoms. The number of nitrogens with one attached hydrogen (secondary N) is 1. The number of benzene rings is 1. The Labute approximate surface area is 174 Å². The van der Waals surface area contributed by atoms with Gasteiger partial charge in [0.25, 0.3) is 5.91 Å². The molecule has 1 atom stereocenters. The summed E-state index contributed by atoms with van der Waals surface area (Å²) in [6.07, 6.45) is 1.87. The van der Waals surface area contributed by atoms with Crippen LogP contribution in [0.2, 0.25) is 0 Å². The minimum absolute atomic E-state index is 0.194. The number of fused-ring (bicyclic) bond motifs is 1. The van der Waals surface area contributed by atoms with E-state index in [0.717, 1.165) is 24.2 Å². The standard InChI is InChI=1S/C22H23N3O5/c26-19-6-5-18(20(27)23-19)25-13-16-12-14(3-4-17(16)21(25)28)2-1-9-24-10-7-15(8-11-24)22(29)30/h3-4,12,15,18H,5-11,13H2,(H,29,30)(H,23,26,27). The SMILES string of the molecule is O=C1CCC(N2Cc3cc(C#CCN4CCC(C(=O)O)CC4)ccc3C2=O)C(=O)N1. The molecule has 8 heteroatoms. The maximum atomic E-state index is 12.7. The average Bonchev–Trinajstić information content (AvgIpc) is 3.04. The van der Waals surface area contributed by atoms with E-state index in [-0.39, 0.29) is 24.2 Å². The third kappa shape index (κ3) is 4.07. The third-order valence-corrected chi connectivity index (χ3v) is 6.00. The zero-order valence-electron chi connectivity index (χ0n) is 16.5. The van der Waals surface area contributed by atoms with E-state index in [1.807, 2.05) is 6.07 Å². The van der Waals surface area contributed by atoms with Gasteiger partial charge < -0.3 is 10.0 Å². The van der Waals surface area contributed by atoms with Crippen molar-refractivity contribution in [3.8, 4) is 11.8 Å². The van der Waals surface area contributed by atoms with Crippen LogP contribution < -0.4 is 5.32 Å². The van der Waals surface area contributed by atoms with Gasteiger partial charge in [-0.05, 0) is 56.1 Å². The normalized spacial score (nSPS) is 22.3. The minimum atomic E-state index is -0.722. The molecule has 0 saturated carbocycles. The minimum Gasteiger partial charge on any atom is -0.481 e. The molecule has 2 fully saturated rings. The van der Waals surface area contributed by atoms with Crippen molar-refractivity contribution < 1.29 is 24.3 Å². The molecule has 1 aromatic carbocycles. The summed E-state index contributed by atoms with van der Waals surface area (Å²) in [5, 5.41) is 11.4. The van der Waals surface area contributed by atoms with Crippen LogP contribution in [0.3, 0.4) is 0 Å². The van der Waals surface area contributed by atoms with E-state index in [4.69, 9.17) is 5.11 Å². The topological polar surface area (TPSA) is 107 Å². The summed E-state index contributed by atoms with van der Waals surface area (Å²) in [5.41, 5.74) is 2.20. The smallest absolute Gasteiger partial charge is 0.306 e. The van der Waals surface area contributed by atoms with Crippen LogP contribution in [0, 0.1) is 17.8 Å². The molecular weight excluding hydrogens is 386 g/mol. The lowest BCUT2D eigenvalue weighted by atomic mass is 9.97. The van der Waals surface area contributed by atoms with Gasteiger partial charge in [0.15, 0.2) is 0 Å². The zero-order valence-corrected chi connectivity index (χ0v) is 16.5. The highest BCUT2D eigenvalue weighted by atomic mass is 16.4. The Kier molecular flexibility index (Phi) is 5.55. The van der Waals surface area contributed by atoms with Gasteiger partial charge in [-0.25, -0.2) is 0 Å². The number of nitrogens with zero attached hydrogens (tertiary/aromatic N) is 2. The number of aliphatic carboxylic acids is 1. The number of rotatable bonds is 3. The van der Waals surface area contributed by atoms with Crippen molar-refractivity contribution in [3.63, 3.8) is 0 Å². The van der Waals surface area contributed by atoms with E-state index in [1.165, 1.54) is 4.90 Å². The van der Waals surface area contributed by atoms with E-state index in [2.05, 4.69) is 22.1 Å². The fourth-order valence-electron chi connectivity index (χ4n) is 4.24. The molecular formula is C22H23N3O5. The summed E-state index contributed by atoms with van der Waals surface area (Å²) >= 11 is 0. The van der Waals surface area contributed by atoms with Crippen molar-refractivity contribution in [2.75, 3.05) is 19.6 Å². The third-order valence-electron chi connectivity index (χ3n) is 6.00. The van der Waals surface area contributed by atoms with Crippen LogP contribution in [0.15, 0.2) is 18.2 Å². The second-order valence-corrected chi connectivity index (χ2v) is 7.96. The maximum Gasteiger partial charge on any atom is 0.306 e. The molecule has 0 aromatic heterocycles. The molecule has 4 rings (SSSR count). The van der Waals surface area contributed by atoms with Crippen molar-refractivity contribution in [1.29, 1.82) is 0 Å². The number of piperidine rings is 2. The van der Waals surface area contributed by atoms with Gasteiger partial charge in [0.1, 0.15) is 6.04 Å². The summed E-state index contributed by atoms with van der Waals surface area (Å²) < 4.78 is 0. The van der Waals surface area contributed by atoms with E-state index in [9.17, 15) is 19.2 Å². The van der Waals surface area contributed by atoms with E-state index >= 15 is 0 Å². The maximum absolute atomic E-state index is 12.7. The van der Waals surface area contributed by atoms with Crippen molar-refractivity contribution in [1.82, 2.24) is 15.1 Å². The highest BCUT2D eigenvalue weighted by Gasteiger charge is 2.39. The number of imide groups is 1. The molecule has 0 spiro atoms. The number of carbonyl (C=O) groups excluding carboxylic acids is 3. The van der Waals surface area contributed by atoms with Gasteiger partial charge in [0.05, 0.1) is 12.5 Å². The Morgan fingerprint density at radius 2 is 1.93 bits per heavy atom. The Bertz CT molecular complexity index is 969. The first-order chi connectivity index (χ1) is 14.4. The molecule has 1 aromatic rings. The van der Waals surface area contributed by atoms with Crippen molar-refractivity contribution in [2.24, 2.45) is 5.92 Å². The highest BCUT2D eigenvalue weighted by Crippen LogP contribution is 2.28. The first-order valence-corrected chi connectivity index (χ1v) is 10.1. The van der Waals surface area contributed by atoms with Crippen LogP contribution in [0.4, 0.5) is 0 Å². The molecule has 3 amide bonds. The van der Waals surface area contributed by atoms with Crippen molar-refractivity contribution >= 4 is 23.7 Å². The number of carboxylic acid groups (broad SMARTS) is 1. The number of carboxylic acids is 1. The fourth-order valence-corrected chi connectivity index (χ4v) is 4.24. The molecule has 156 valence electrons. The van der Waals surface area contributed by atoms with E-state index < -0.39 is 17.9 Å². The van der Waals surface area contributed by atoms with Crippen LogP contribution in [0.5, 0.6) is 0 Å².